The molecule has 0 unspecified atom stereocenters. The van der Waals surface area contributed by atoms with Gasteiger partial charge in [-0.25, -0.2) is 9.69 Å². The summed E-state index contributed by atoms with van der Waals surface area (Å²) in [5.41, 5.74) is 1.61. The van der Waals surface area contributed by atoms with Gasteiger partial charge < -0.3 is 4.43 Å². The first-order chi connectivity index (χ1) is 9.47. The number of carbonyl (C=O) groups is 1. The standard InChI is InChI=1S/C16H19NO2Si/c1-20(2,3)19-16(18)17(14-10-6-4-7-11-14)15-12-8-5-9-13-15/h4-13H,1-3H3. The lowest BCUT2D eigenvalue weighted by molar-refractivity contribution is 0.209. The lowest BCUT2D eigenvalue weighted by Crippen LogP contribution is -2.36. The van der Waals surface area contributed by atoms with E-state index in [0.717, 1.165) is 11.4 Å². The summed E-state index contributed by atoms with van der Waals surface area (Å²) in [7, 11) is -1.94. The third-order valence-electron chi connectivity index (χ3n) is 2.60. The lowest BCUT2D eigenvalue weighted by Gasteiger charge is -2.26. The molecule has 0 spiro atoms. The number of carbonyl (C=O) groups excluding carboxylic acids is 1. The molecule has 2 aromatic rings. The van der Waals surface area contributed by atoms with Gasteiger partial charge in [-0.05, 0) is 43.9 Å². The molecule has 4 heteroatoms. The smallest absolute Gasteiger partial charge is 0.405 e. The van der Waals surface area contributed by atoms with Crippen LogP contribution in [0.5, 0.6) is 0 Å². The minimum atomic E-state index is -1.94. The van der Waals surface area contributed by atoms with E-state index in [9.17, 15) is 4.79 Å². The maximum Gasteiger partial charge on any atom is 0.405 e. The van der Waals surface area contributed by atoms with Crippen molar-refractivity contribution in [1.29, 1.82) is 0 Å². The van der Waals surface area contributed by atoms with Gasteiger partial charge in [-0.3, -0.25) is 0 Å². The molecule has 0 aliphatic rings. The molecule has 0 radical (unpaired) electrons. The van der Waals surface area contributed by atoms with Crippen molar-refractivity contribution in [3.63, 3.8) is 0 Å². The van der Waals surface area contributed by atoms with Crippen LogP contribution in [0.3, 0.4) is 0 Å². The molecule has 0 saturated heterocycles. The van der Waals surface area contributed by atoms with Crippen LogP contribution >= 0.6 is 0 Å². The SMILES string of the molecule is C[Si](C)(C)OC(=O)N(c1ccccc1)c1ccccc1. The molecule has 0 atom stereocenters. The van der Waals surface area contributed by atoms with Crippen LogP contribution in [0.1, 0.15) is 0 Å². The Morgan fingerprint density at radius 3 is 1.60 bits per heavy atom. The van der Waals surface area contributed by atoms with Gasteiger partial charge in [0.25, 0.3) is 0 Å². The summed E-state index contributed by atoms with van der Waals surface area (Å²) in [4.78, 5) is 14.1. The van der Waals surface area contributed by atoms with Crippen LogP contribution in [0.2, 0.25) is 19.6 Å². The maximum atomic E-state index is 12.5. The van der Waals surface area contributed by atoms with Gasteiger partial charge in [0.05, 0.1) is 11.4 Å². The molecular weight excluding hydrogens is 266 g/mol. The van der Waals surface area contributed by atoms with Gasteiger partial charge in [-0.15, -0.1) is 0 Å². The van der Waals surface area contributed by atoms with Gasteiger partial charge in [-0.2, -0.15) is 0 Å². The van der Waals surface area contributed by atoms with Crippen molar-refractivity contribution in [2.45, 2.75) is 19.6 Å². The zero-order valence-corrected chi connectivity index (χ0v) is 13.0. The largest absolute Gasteiger partial charge is 0.504 e. The summed E-state index contributed by atoms with van der Waals surface area (Å²) in [6, 6.07) is 19.1. The summed E-state index contributed by atoms with van der Waals surface area (Å²) < 4.78 is 5.63. The average molecular weight is 285 g/mol. The molecule has 1 amide bonds. The summed E-state index contributed by atoms with van der Waals surface area (Å²) in [5, 5.41) is 0. The van der Waals surface area contributed by atoms with E-state index >= 15 is 0 Å². The zero-order valence-electron chi connectivity index (χ0n) is 12.0. The maximum absolute atomic E-state index is 12.5. The van der Waals surface area contributed by atoms with Crippen LogP contribution in [0.4, 0.5) is 16.2 Å². The first kappa shape index (κ1) is 14.3. The highest BCUT2D eigenvalue weighted by Crippen LogP contribution is 2.26. The van der Waals surface area contributed by atoms with E-state index in [1.165, 1.54) is 0 Å². The van der Waals surface area contributed by atoms with Gasteiger partial charge in [-0.1, -0.05) is 36.4 Å². The highest BCUT2D eigenvalue weighted by atomic mass is 28.4. The molecule has 0 aliphatic carbocycles. The highest BCUT2D eigenvalue weighted by Gasteiger charge is 2.26. The minimum Gasteiger partial charge on any atom is -0.504 e. The Labute approximate surface area is 120 Å². The second kappa shape index (κ2) is 5.92. The predicted octanol–water partition coefficient (Wildman–Crippen LogP) is 4.80. The van der Waals surface area contributed by atoms with Crippen LogP contribution < -0.4 is 4.90 Å². The lowest BCUT2D eigenvalue weighted by atomic mass is 10.2. The van der Waals surface area contributed by atoms with Gasteiger partial charge >= 0.3 is 6.09 Å². The van der Waals surface area contributed by atoms with Crippen molar-refractivity contribution >= 4 is 25.8 Å². The molecule has 2 rings (SSSR count). The van der Waals surface area contributed by atoms with Gasteiger partial charge in [0.2, 0.25) is 8.32 Å². The molecule has 104 valence electrons. The molecule has 0 N–H and O–H groups in total. The summed E-state index contributed by atoms with van der Waals surface area (Å²) in [6.45, 7) is 6.00. The Bertz CT molecular complexity index is 525. The molecule has 0 aliphatic heterocycles. The number of hydrogen-bond donors (Lipinski definition) is 0. The molecule has 0 fully saturated rings. The third-order valence-corrected chi connectivity index (χ3v) is 3.39. The van der Waals surface area contributed by atoms with Gasteiger partial charge in [0.15, 0.2) is 0 Å². The van der Waals surface area contributed by atoms with Gasteiger partial charge in [0.1, 0.15) is 0 Å². The minimum absolute atomic E-state index is 0.318. The van der Waals surface area contributed by atoms with Crippen LogP contribution in [-0.4, -0.2) is 14.4 Å². The number of rotatable bonds is 3. The Morgan fingerprint density at radius 1 is 0.850 bits per heavy atom. The number of benzene rings is 2. The van der Waals surface area contributed by atoms with Crippen LogP contribution in [0.25, 0.3) is 0 Å². The van der Waals surface area contributed by atoms with E-state index < -0.39 is 8.32 Å². The second-order valence-corrected chi connectivity index (χ2v) is 9.92. The fourth-order valence-corrected chi connectivity index (χ4v) is 2.44. The van der Waals surface area contributed by atoms with E-state index in [-0.39, 0.29) is 6.09 Å². The van der Waals surface area contributed by atoms with E-state index in [4.69, 9.17) is 4.43 Å². The van der Waals surface area contributed by atoms with E-state index in [1.54, 1.807) is 4.90 Å². The van der Waals surface area contributed by atoms with Gasteiger partial charge in [0, 0.05) is 0 Å². The quantitative estimate of drug-likeness (QED) is 0.758. The molecule has 0 saturated carbocycles. The Morgan fingerprint density at radius 2 is 1.25 bits per heavy atom. The number of anilines is 2. The fraction of sp³-hybridized carbons (Fsp3) is 0.188. The van der Waals surface area contributed by atoms with E-state index in [0.29, 0.717) is 0 Å². The Kier molecular flexibility index (Phi) is 4.25. The molecule has 0 bridgehead atoms. The molecule has 20 heavy (non-hydrogen) atoms. The number of amides is 1. The molecule has 0 aromatic heterocycles. The second-order valence-electron chi connectivity index (χ2n) is 5.49. The molecular formula is C16H19NO2Si. The van der Waals surface area contributed by atoms with Crippen LogP contribution in [-0.2, 0) is 4.43 Å². The first-order valence-corrected chi connectivity index (χ1v) is 10.0. The van der Waals surface area contributed by atoms with Crippen molar-refractivity contribution in [3.05, 3.63) is 60.7 Å². The summed E-state index contributed by atoms with van der Waals surface area (Å²) in [5.74, 6) is 0. The zero-order chi connectivity index (χ0) is 14.6. The van der Waals surface area contributed by atoms with Crippen molar-refractivity contribution < 1.29 is 9.22 Å². The van der Waals surface area contributed by atoms with Crippen molar-refractivity contribution in [3.8, 4) is 0 Å². The number of nitrogens with zero attached hydrogens (tertiary/aromatic N) is 1. The molecule has 3 nitrogen and oxygen atoms in total. The predicted molar refractivity (Wildman–Crippen MR) is 84.9 cm³/mol. The summed E-state index contributed by atoms with van der Waals surface area (Å²) in [6.07, 6.45) is -0.318. The van der Waals surface area contributed by atoms with Crippen LogP contribution in [0, 0.1) is 0 Å². The highest BCUT2D eigenvalue weighted by molar-refractivity contribution is 6.71. The van der Waals surface area contributed by atoms with E-state index in [2.05, 4.69) is 0 Å². The van der Waals surface area contributed by atoms with E-state index in [1.807, 2.05) is 80.3 Å². The van der Waals surface area contributed by atoms with Crippen molar-refractivity contribution in [1.82, 2.24) is 0 Å². The van der Waals surface area contributed by atoms with Crippen molar-refractivity contribution in [2.24, 2.45) is 0 Å². The molecule has 2 aromatic carbocycles. The fourth-order valence-electron chi connectivity index (χ4n) is 1.82. The average Bonchev–Trinajstić information content (AvgIpc) is 2.39. The Balaban J connectivity index is 2.38. The molecule has 0 heterocycles. The summed E-state index contributed by atoms with van der Waals surface area (Å²) >= 11 is 0. The van der Waals surface area contributed by atoms with Crippen LogP contribution in [0.15, 0.2) is 60.7 Å². The topological polar surface area (TPSA) is 29.5 Å². The first-order valence-electron chi connectivity index (χ1n) is 6.60. The number of hydrogen-bond acceptors (Lipinski definition) is 2. The normalized spacial score (nSPS) is 10.9. The van der Waals surface area contributed by atoms with Crippen molar-refractivity contribution in [2.75, 3.05) is 4.90 Å². The third kappa shape index (κ3) is 3.71. The number of para-hydroxylation sites is 2. The monoisotopic (exact) mass is 285 g/mol. The Hall–Kier alpha value is -2.07.